The molecule has 0 unspecified atom stereocenters. The van der Waals surface area contributed by atoms with Gasteiger partial charge in [0, 0.05) is 52.7 Å². The summed E-state index contributed by atoms with van der Waals surface area (Å²) in [6.45, 7) is 2.28. The van der Waals surface area contributed by atoms with E-state index in [4.69, 9.17) is 34.8 Å². The van der Waals surface area contributed by atoms with E-state index >= 15 is 0 Å². The average Bonchev–Trinajstić information content (AvgIpc) is 3.06. The lowest BCUT2D eigenvalue weighted by atomic mass is 10.1. The molecule has 1 saturated heterocycles. The Morgan fingerprint density at radius 3 is 2.30 bits per heavy atom. The number of halogens is 3. The van der Waals surface area contributed by atoms with Crippen LogP contribution in [0.1, 0.15) is 16.1 Å². The molecule has 3 aromatic rings. The van der Waals surface area contributed by atoms with Gasteiger partial charge in [-0.05, 0) is 36.4 Å². The second-order valence-corrected chi connectivity index (χ2v) is 8.39. The monoisotopic (exact) mass is 465 g/mol. The molecular weight excluding hydrogens is 449 g/mol. The molecule has 0 saturated carbocycles. The second-order valence-electron chi connectivity index (χ2n) is 7.11. The number of amides is 1. The first-order valence-electron chi connectivity index (χ1n) is 9.34. The topological polar surface area (TPSA) is 76.6 Å². The molecule has 0 atom stereocenters. The number of benzene rings is 2. The third kappa shape index (κ3) is 4.08. The number of carbonyl (C=O) groups excluding carboxylic acids is 1. The highest BCUT2D eigenvalue weighted by Gasteiger charge is 2.26. The maximum absolute atomic E-state index is 12.9. The number of aromatic amines is 1. The van der Waals surface area contributed by atoms with Gasteiger partial charge in [-0.2, -0.15) is 0 Å². The van der Waals surface area contributed by atoms with Crippen LogP contribution < -0.4 is 4.90 Å². The Balaban J connectivity index is 1.50. The predicted octanol–water partition coefficient (Wildman–Crippen LogP) is 4.72. The number of carboxylic acid groups (broad SMARTS) is 1. The second kappa shape index (κ2) is 8.38. The Bertz CT molecular complexity index is 1140. The van der Waals surface area contributed by atoms with E-state index < -0.39 is 5.97 Å². The zero-order chi connectivity index (χ0) is 21.4. The van der Waals surface area contributed by atoms with Crippen molar-refractivity contribution in [3.63, 3.8) is 0 Å². The van der Waals surface area contributed by atoms with Gasteiger partial charge in [-0.1, -0.05) is 34.8 Å². The van der Waals surface area contributed by atoms with Gasteiger partial charge in [-0.25, -0.2) is 4.79 Å². The first-order valence-corrected chi connectivity index (χ1v) is 10.5. The van der Waals surface area contributed by atoms with Crippen molar-refractivity contribution in [3.8, 4) is 0 Å². The number of nitrogens with zero attached hydrogens (tertiary/aromatic N) is 2. The lowest BCUT2D eigenvalue weighted by Gasteiger charge is -2.36. The largest absolute Gasteiger partial charge is 0.477 e. The molecule has 30 heavy (non-hydrogen) atoms. The highest BCUT2D eigenvalue weighted by atomic mass is 35.5. The van der Waals surface area contributed by atoms with Crippen LogP contribution in [0.3, 0.4) is 0 Å². The Hall–Kier alpha value is -2.41. The van der Waals surface area contributed by atoms with Crippen LogP contribution in [0.25, 0.3) is 10.9 Å². The molecule has 0 radical (unpaired) electrons. The van der Waals surface area contributed by atoms with Gasteiger partial charge < -0.3 is 19.9 Å². The van der Waals surface area contributed by atoms with Crippen LogP contribution in [0, 0.1) is 0 Å². The summed E-state index contributed by atoms with van der Waals surface area (Å²) in [5.41, 5.74) is 2.00. The van der Waals surface area contributed by atoms with Crippen molar-refractivity contribution in [1.82, 2.24) is 9.88 Å². The van der Waals surface area contributed by atoms with Gasteiger partial charge >= 0.3 is 5.97 Å². The standard InChI is InChI=1S/C21H18Cl3N3O3/c22-12-1-3-17-14(9-12)15(20(25-17)21(29)30)11-19(28)27-7-5-26(6-8-27)18-4-2-13(23)10-16(18)24/h1-4,9-10,25H,5-8,11H2,(H,29,30). The van der Waals surface area contributed by atoms with Gasteiger partial charge in [0.25, 0.3) is 0 Å². The maximum atomic E-state index is 12.9. The number of hydrogen-bond donors (Lipinski definition) is 2. The average molecular weight is 467 g/mol. The minimum Gasteiger partial charge on any atom is -0.477 e. The zero-order valence-electron chi connectivity index (χ0n) is 15.8. The zero-order valence-corrected chi connectivity index (χ0v) is 18.1. The number of fused-ring (bicyclic) bond motifs is 1. The van der Waals surface area contributed by atoms with Crippen LogP contribution in [-0.2, 0) is 11.2 Å². The number of anilines is 1. The van der Waals surface area contributed by atoms with E-state index in [0.717, 1.165) is 5.69 Å². The predicted molar refractivity (Wildman–Crippen MR) is 119 cm³/mol. The number of carbonyl (C=O) groups is 2. The van der Waals surface area contributed by atoms with Gasteiger partial charge in [0.1, 0.15) is 5.69 Å². The van der Waals surface area contributed by atoms with E-state index in [1.54, 1.807) is 35.2 Å². The lowest BCUT2D eigenvalue weighted by molar-refractivity contribution is -0.130. The van der Waals surface area contributed by atoms with Gasteiger partial charge in [0.15, 0.2) is 0 Å². The summed E-state index contributed by atoms with van der Waals surface area (Å²) < 4.78 is 0. The summed E-state index contributed by atoms with van der Waals surface area (Å²) in [7, 11) is 0. The number of piperazine rings is 1. The summed E-state index contributed by atoms with van der Waals surface area (Å²) >= 11 is 18.3. The van der Waals surface area contributed by atoms with Crippen LogP contribution in [0.15, 0.2) is 36.4 Å². The molecule has 2 aromatic carbocycles. The number of aromatic nitrogens is 1. The van der Waals surface area contributed by atoms with Gasteiger partial charge in [-0.15, -0.1) is 0 Å². The number of hydrogen-bond acceptors (Lipinski definition) is 3. The molecular formula is C21H18Cl3N3O3. The number of carboxylic acids is 1. The first-order chi connectivity index (χ1) is 14.3. The van der Waals surface area contributed by atoms with Crippen molar-refractivity contribution in [2.24, 2.45) is 0 Å². The molecule has 0 aliphatic carbocycles. The lowest BCUT2D eigenvalue weighted by Crippen LogP contribution is -2.49. The van der Waals surface area contributed by atoms with Gasteiger partial charge in [0.2, 0.25) is 5.91 Å². The van der Waals surface area contributed by atoms with Crippen molar-refractivity contribution in [3.05, 3.63) is 62.7 Å². The summed E-state index contributed by atoms with van der Waals surface area (Å²) in [4.78, 5) is 31.3. The van der Waals surface area contributed by atoms with E-state index in [2.05, 4.69) is 9.88 Å². The molecule has 6 nitrogen and oxygen atoms in total. The van der Waals surface area contributed by atoms with Gasteiger partial charge in [-0.3, -0.25) is 4.79 Å². The Morgan fingerprint density at radius 2 is 1.63 bits per heavy atom. The summed E-state index contributed by atoms with van der Waals surface area (Å²) in [5, 5.41) is 11.8. The first kappa shape index (κ1) is 20.8. The molecule has 0 bridgehead atoms. The summed E-state index contributed by atoms with van der Waals surface area (Å²) in [6, 6.07) is 10.4. The van der Waals surface area contributed by atoms with Crippen LogP contribution in [0.5, 0.6) is 0 Å². The molecule has 2 N–H and O–H groups in total. The van der Waals surface area contributed by atoms with E-state index in [1.165, 1.54) is 0 Å². The fraction of sp³-hybridized carbons (Fsp3) is 0.238. The normalized spacial score (nSPS) is 14.4. The van der Waals surface area contributed by atoms with E-state index in [9.17, 15) is 14.7 Å². The van der Waals surface area contributed by atoms with Crippen LogP contribution in [0.2, 0.25) is 15.1 Å². The fourth-order valence-corrected chi connectivity index (χ4v) is 4.48. The van der Waals surface area contributed by atoms with Gasteiger partial charge in [0.05, 0.1) is 17.1 Å². The number of aromatic carboxylic acids is 1. The molecule has 1 aromatic heterocycles. The van der Waals surface area contributed by atoms with Crippen molar-refractivity contribution in [1.29, 1.82) is 0 Å². The SMILES string of the molecule is O=C(O)c1[nH]c2ccc(Cl)cc2c1CC(=O)N1CCN(c2ccc(Cl)cc2Cl)CC1. The Morgan fingerprint density at radius 1 is 0.967 bits per heavy atom. The van der Waals surface area contributed by atoms with Crippen LogP contribution in [-0.4, -0.2) is 53.0 Å². The summed E-state index contributed by atoms with van der Waals surface area (Å²) in [6.07, 6.45) is -0.0102. The smallest absolute Gasteiger partial charge is 0.352 e. The Kier molecular flexibility index (Phi) is 5.82. The van der Waals surface area contributed by atoms with Crippen LogP contribution in [0.4, 0.5) is 5.69 Å². The van der Waals surface area contributed by atoms with E-state index in [1.807, 2.05) is 6.07 Å². The van der Waals surface area contributed by atoms with Crippen molar-refractivity contribution in [2.45, 2.75) is 6.42 Å². The summed E-state index contributed by atoms with van der Waals surface area (Å²) in [5.74, 6) is -1.23. The molecule has 0 spiro atoms. The number of H-pyrrole nitrogens is 1. The maximum Gasteiger partial charge on any atom is 0.352 e. The molecule has 1 aliphatic rings. The van der Waals surface area contributed by atoms with E-state index in [0.29, 0.717) is 57.7 Å². The molecule has 156 valence electrons. The molecule has 4 rings (SSSR count). The third-order valence-electron chi connectivity index (χ3n) is 5.29. The van der Waals surface area contributed by atoms with Crippen molar-refractivity contribution < 1.29 is 14.7 Å². The van der Waals surface area contributed by atoms with E-state index in [-0.39, 0.29) is 18.0 Å². The van der Waals surface area contributed by atoms with Crippen molar-refractivity contribution >= 4 is 63.3 Å². The number of rotatable bonds is 4. The Labute approximate surface area is 187 Å². The highest BCUT2D eigenvalue weighted by molar-refractivity contribution is 6.36. The molecule has 2 heterocycles. The minimum atomic E-state index is -1.10. The fourth-order valence-electron chi connectivity index (χ4n) is 3.78. The minimum absolute atomic E-state index is 0.0102. The van der Waals surface area contributed by atoms with Crippen LogP contribution >= 0.6 is 34.8 Å². The third-order valence-corrected chi connectivity index (χ3v) is 6.07. The molecule has 9 heteroatoms. The highest BCUT2D eigenvalue weighted by Crippen LogP contribution is 2.30. The molecule has 1 amide bonds. The quantitative estimate of drug-likeness (QED) is 0.583. The molecule has 1 fully saturated rings. The molecule has 1 aliphatic heterocycles. The number of nitrogens with one attached hydrogen (secondary N) is 1. The van der Waals surface area contributed by atoms with Crippen molar-refractivity contribution in [2.75, 3.05) is 31.1 Å².